The molecule has 1 rings (SSSR count). The molecular formula is C42H71N15O13S. The quantitative estimate of drug-likeness (QED) is 0.0129. The van der Waals surface area contributed by atoms with Crippen LogP contribution in [0.25, 0.3) is 0 Å². The molecule has 2 amide bonds. The molecule has 0 bridgehead atoms. The lowest BCUT2D eigenvalue weighted by molar-refractivity contribution is -0.191. The number of aliphatic imine (C=N–C) groups is 1. The number of carboxylic acids is 2. The largest absolute Gasteiger partial charge is 0.481 e. The monoisotopic (exact) mass is 1030 g/mol. The van der Waals surface area contributed by atoms with Crippen LogP contribution in [-0.2, 0) is 59.2 Å². The number of unbranched alkanes of at least 4 members (excludes halogenated alkanes) is 1. The van der Waals surface area contributed by atoms with Crippen LogP contribution in [0.4, 0.5) is 0 Å². The van der Waals surface area contributed by atoms with Crippen LogP contribution in [-0.4, -0.2) is 163 Å². The van der Waals surface area contributed by atoms with E-state index in [1.165, 1.54) is 20.1 Å². The number of aromatic nitrogens is 2. The van der Waals surface area contributed by atoms with Crippen LogP contribution >= 0.6 is 11.8 Å². The number of carbonyl (C=O) groups is 11. The van der Waals surface area contributed by atoms with Crippen LogP contribution in [0, 0.1) is 16.7 Å². The Hall–Kier alpha value is -5.92. The summed E-state index contributed by atoms with van der Waals surface area (Å²) < 4.78 is 0. The number of nitrogens with one attached hydrogen (secondary N) is 2. The van der Waals surface area contributed by atoms with Crippen LogP contribution in [0.2, 0.25) is 0 Å². The highest BCUT2D eigenvalue weighted by atomic mass is 32.2. The Morgan fingerprint density at radius 1 is 0.761 bits per heavy atom. The predicted octanol–water partition coefficient (Wildman–Crippen LogP) is -6.53. The summed E-state index contributed by atoms with van der Waals surface area (Å²) in [5.74, 6) is -24.8. The smallest absolute Gasteiger partial charge is 0.333 e. The number of guanidine groups is 1. The van der Waals surface area contributed by atoms with Gasteiger partial charge in [0.05, 0.1) is 55.5 Å². The van der Waals surface area contributed by atoms with Crippen molar-refractivity contribution in [1.29, 1.82) is 0 Å². The lowest BCUT2D eigenvalue weighted by atomic mass is 9.37. The van der Waals surface area contributed by atoms with Gasteiger partial charge in [-0.25, -0.2) is 14.8 Å². The molecule has 1 heterocycles. The second-order valence-electron chi connectivity index (χ2n) is 17.5. The van der Waals surface area contributed by atoms with Gasteiger partial charge in [0.1, 0.15) is 5.41 Å². The number of thioether (sulfide) groups is 1. The molecule has 10 atom stereocenters. The summed E-state index contributed by atoms with van der Waals surface area (Å²) in [7, 11) is 0. The Labute approximate surface area is 413 Å². The zero-order chi connectivity index (χ0) is 55.0. The number of Topliss-reactive ketones (excluding diaryl/α,β-unsaturated/α-hetero) is 7. The second kappa shape index (κ2) is 27.1. The molecule has 28 nitrogen and oxygen atoms in total. The molecule has 71 heavy (non-hydrogen) atoms. The highest BCUT2D eigenvalue weighted by Gasteiger charge is 2.88. The SMILES string of the molecule is CSCCC(N)C(=O)C(C(=O)C(N)CC(=O)O)(C(N=C(N)N)(C(=O)C(N)CCCCN)C(=O)C(Cc1cnc[nH]1)NC(C)=O)C(C(=O)C(N)CCC(N)=O)(C(=O)C(N)CC(C)C)C(N)(C(=O)O)C(=O)CN. The van der Waals surface area contributed by atoms with Gasteiger partial charge < -0.3 is 83.6 Å². The van der Waals surface area contributed by atoms with E-state index in [-0.39, 0.29) is 30.8 Å². The van der Waals surface area contributed by atoms with Crippen molar-refractivity contribution in [3.05, 3.63) is 18.2 Å². The van der Waals surface area contributed by atoms with Crippen LogP contribution in [0.3, 0.4) is 0 Å². The fourth-order valence-corrected chi connectivity index (χ4v) is 9.36. The first-order valence-electron chi connectivity index (χ1n) is 22.3. The van der Waals surface area contributed by atoms with Gasteiger partial charge in [0.2, 0.25) is 17.4 Å². The molecule has 26 N–H and O–H groups in total. The maximum absolute atomic E-state index is 16.7. The zero-order valence-corrected chi connectivity index (χ0v) is 41.0. The maximum atomic E-state index is 16.7. The van der Waals surface area contributed by atoms with Crippen molar-refractivity contribution in [2.75, 3.05) is 25.1 Å². The molecule has 0 radical (unpaired) electrons. The van der Waals surface area contributed by atoms with Crippen molar-refractivity contribution in [2.45, 2.75) is 126 Å². The molecule has 1 aromatic heterocycles. The number of nitrogens with zero attached hydrogens (tertiary/aromatic N) is 2. The number of imidazole rings is 1. The minimum absolute atomic E-state index is 0.0402. The minimum Gasteiger partial charge on any atom is -0.481 e. The van der Waals surface area contributed by atoms with E-state index in [4.69, 9.17) is 63.1 Å². The molecule has 29 heteroatoms. The number of H-pyrrole nitrogens is 1. The van der Waals surface area contributed by atoms with Gasteiger partial charge in [0.15, 0.2) is 57.4 Å². The molecule has 0 fully saturated rings. The first-order valence-corrected chi connectivity index (χ1v) is 23.7. The van der Waals surface area contributed by atoms with Crippen LogP contribution in [0.5, 0.6) is 0 Å². The van der Waals surface area contributed by atoms with Gasteiger partial charge in [-0.15, -0.1) is 0 Å². The van der Waals surface area contributed by atoms with Crippen molar-refractivity contribution >= 4 is 82.0 Å². The van der Waals surface area contributed by atoms with Crippen molar-refractivity contribution in [1.82, 2.24) is 15.3 Å². The molecule has 398 valence electrons. The van der Waals surface area contributed by atoms with Crippen molar-refractivity contribution < 1.29 is 63.0 Å². The number of amides is 2. The van der Waals surface area contributed by atoms with Crippen LogP contribution < -0.4 is 68.4 Å². The summed E-state index contributed by atoms with van der Waals surface area (Å²) in [6.45, 7) is 2.10. The number of rotatable bonds is 36. The van der Waals surface area contributed by atoms with Gasteiger partial charge in [-0.05, 0) is 56.6 Å². The van der Waals surface area contributed by atoms with E-state index in [1.807, 2.05) is 0 Å². The molecule has 0 saturated carbocycles. The lowest BCUT2D eigenvalue weighted by Crippen LogP contribution is -2.89. The van der Waals surface area contributed by atoms with E-state index in [0.29, 0.717) is 0 Å². The number of nitrogens with two attached hydrogens (primary N) is 11. The molecule has 0 aliphatic heterocycles. The summed E-state index contributed by atoms with van der Waals surface area (Å²) in [6, 6.07) is -15.0. The Balaban J connectivity index is 6.06. The van der Waals surface area contributed by atoms with Crippen molar-refractivity contribution in [2.24, 2.45) is 84.8 Å². The first-order chi connectivity index (χ1) is 32.9. The summed E-state index contributed by atoms with van der Waals surface area (Å²) in [5, 5.41) is 24.1. The lowest BCUT2D eigenvalue weighted by Gasteiger charge is -2.59. The Morgan fingerprint density at radius 3 is 1.75 bits per heavy atom. The minimum atomic E-state index is -4.91. The molecule has 0 aromatic carbocycles. The summed E-state index contributed by atoms with van der Waals surface area (Å²) >= 11 is 0.992. The first kappa shape index (κ1) is 63.1. The Kier molecular flexibility index (Phi) is 24.0. The average Bonchev–Trinajstić information content (AvgIpc) is 3.81. The zero-order valence-electron chi connectivity index (χ0n) is 40.2. The van der Waals surface area contributed by atoms with E-state index >= 15 is 28.8 Å². The highest BCUT2D eigenvalue weighted by molar-refractivity contribution is 7.98. The van der Waals surface area contributed by atoms with E-state index < -0.39 is 186 Å². The van der Waals surface area contributed by atoms with E-state index in [2.05, 4.69) is 20.3 Å². The predicted molar refractivity (Wildman–Crippen MR) is 258 cm³/mol. The molecule has 0 aliphatic rings. The molecule has 0 aliphatic carbocycles. The number of ketones is 7. The third kappa shape index (κ3) is 13.1. The standard InChI is InChI=1S/C42H71N15O13S/c1-19(2)13-25(48)33(65)39(31(63)23(46)8-9-29(50)60,41(53,37(69)70)28(59)16-44)40(32(64)24(47)10-12-71-4,34(66)26(49)15-30(61)62)42(57-38(51)52,35(67)22(45)7-5-6-11-43)36(68)27(56-20(3)58)14-21-17-54-18-55-21/h17-19,22-27H,5-16,43-49,53H2,1-4H3,(H2,50,60)(H,54,55)(H,56,58)(H,61,62)(H,69,70)(H4,51,52,57). The number of primary amides is 1. The summed E-state index contributed by atoms with van der Waals surface area (Å²) in [5.41, 5.74) is 49.9. The summed E-state index contributed by atoms with van der Waals surface area (Å²) in [6.07, 6.45) is -2.75. The van der Waals surface area contributed by atoms with E-state index in [1.54, 1.807) is 0 Å². The average molecular weight is 1030 g/mol. The number of carbonyl (C=O) groups excluding carboxylic acids is 9. The highest BCUT2D eigenvalue weighted by Crippen LogP contribution is 2.60. The topological polar surface area (TPSA) is 568 Å². The molecule has 0 spiro atoms. The Bertz CT molecular complexity index is 2180. The summed E-state index contributed by atoms with van der Waals surface area (Å²) in [4.78, 5) is 177. The molecule has 1 aromatic rings. The van der Waals surface area contributed by atoms with E-state index in [9.17, 15) is 34.2 Å². The number of hydrogen-bond acceptors (Lipinski definition) is 22. The maximum Gasteiger partial charge on any atom is 0.333 e. The van der Waals surface area contributed by atoms with Crippen molar-refractivity contribution in [3.8, 4) is 0 Å². The molecule has 10 unspecified atom stereocenters. The second-order valence-corrected chi connectivity index (χ2v) is 18.5. The van der Waals surface area contributed by atoms with Crippen molar-refractivity contribution in [3.63, 3.8) is 0 Å². The number of aromatic amines is 1. The number of hydrogen-bond donors (Lipinski definition) is 15. The number of aliphatic carboxylic acids is 2. The molecule has 0 saturated heterocycles. The van der Waals surface area contributed by atoms with Gasteiger partial charge in [0, 0.05) is 31.7 Å². The number of carboxylic acid groups (broad SMARTS) is 2. The van der Waals surface area contributed by atoms with Gasteiger partial charge in [-0.2, -0.15) is 11.8 Å². The van der Waals surface area contributed by atoms with Gasteiger partial charge in [-0.3, -0.25) is 47.9 Å². The van der Waals surface area contributed by atoms with E-state index in [0.717, 1.165) is 31.2 Å². The van der Waals surface area contributed by atoms with Gasteiger partial charge in [0.25, 0.3) is 0 Å². The third-order valence-corrected chi connectivity index (χ3v) is 12.6. The van der Waals surface area contributed by atoms with Gasteiger partial charge >= 0.3 is 11.9 Å². The fourth-order valence-electron chi connectivity index (χ4n) is 8.87. The third-order valence-electron chi connectivity index (χ3n) is 11.9. The molecular weight excluding hydrogens is 955 g/mol. The Morgan fingerprint density at radius 2 is 1.30 bits per heavy atom. The van der Waals surface area contributed by atoms with Gasteiger partial charge in [-0.1, -0.05) is 20.3 Å². The normalized spacial score (nSPS) is 17.5. The van der Waals surface area contributed by atoms with Crippen LogP contribution in [0.15, 0.2) is 17.5 Å². The van der Waals surface area contributed by atoms with Crippen LogP contribution in [0.1, 0.15) is 77.8 Å². The fraction of sp³-hybridized carbons (Fsp3) is 0.643.